The predicted octanol–water partition coefficient (Wildman–Crippen LogP) is 2.75. The molecule has 0 atom stereocenters. The number of aromatic amines is 1. The number of rotatable bonds is 5. The largest absolute Gasteiger partial charge is 0.489 e. The molecule has 0 bridgehead atoms. The molecule has 5 heteroatoms. The molecule has 0 unspecified atom stereocenters. The molecule has 0 saturated heterocycles. The number of carbonyl (C=O) groups is 1. The molecule has 0 spiro atoms. The molecular weight excluding hydrogens is 278 g/mol. The number of ether oxygens (including phenoxy) is 1. The van der Waals surface area contributed by atoms with Gasteiger partial charge in [0.1, 0.15) is 12.4 Å². The molecule has 0 aliphatic rings. The molecule has 3 rings (SSSR count). The number of nitrogens with one attached hydrogen (secondary N) is 1. The topological polar surface area (TPSA) is 81.0 Å². The third-order valence-corrected chi connectivity index (χ3v) is 3.27. The van der Waals surface area contributed by atoms with Crippen LogP contribution in [-0.2, 0) is 6.61 Å². The average Bonchev–Trinajstić information content (AvgIpc) is 3.08. The maximum absolute atomic E-state index is 11.2. The van der Waals surface area contributed by atoms with E-state index < -0.39 is 5.91 Å². The van der Waals surface area contributed by atoms with E-state index in [1.165, 1.54) is 0 Å². The van der Waals surface area contributed by atoms with Crippen LogP contribution in [-0.4, -0.2) is 15.9 Å². The van der Waals surface area contributed by atoms with E-state index in [1.807, 2.05) is 36.5 Å². The third-order valence-electron chi connectivity index (χ3n) is 3.27. The summed E-state index contributed by atoms with van der Waals surface area (Å²) >= 11 is 0. The number of benzene rings is 2. The first kappa shape index (κ1) is 13.9. The number of amides is 1. The number of hydrogen-bond donors (Lipinski definition) is 2. The number of carbonyl (C=O) groups excluding carboxylic acids is 1. The molecule has 0 aliphatic heterocycles. The SMILES string of the molecule is NC(=O)c1cccc(COc2ccc(-c3c[nH]cn3)cc2)c1. The lowest BCUT2D eigenvalue weighted by Gasteiger charge is -2.07. The highest BCUT2D eigenvalue weighted by atomic mass is 16.5. The summed E-state index contributed by atoms with van der Waals surface area (Å²) in [7, 11) is 0. The Bertz CT molecular complexity index is 765. The monoisotopic (exact) mass is 293 g/mol. The molecule has 110 valence electrons. The summed E-state index contributed by atoms with van der Waals surface area (Å²) in [6, 6.07) is 14.8. The fourth-order valence-electron chi connectivity index (χ4n) is 2.12. The second kappa shape index (κ2) is 6.13. The minimum Gasteiger partial charge on any atom is -0.489 e. The van der Waals surface area contributed by atoms with E-state index in [9.17, 15) is 4.79 Å². The maximum atomic E-state index is 11.2. The van der Waals surface area contributed by atoms with Gasteiger partial charge in [0.25, 0.3) is 0 Å². The van der Waals surface area contributed by atoms with Crippen LogP contribution in [0.4, 0.5) is 0 Å². The van der Waals surface area contributed by atoms with Gasteiger partial charge in [0.2, 0.25) is 5.91 Å². The molecule has 2 aromatic carbocycles. The number of nitrogens with two attached hydrogens (primary N) is 1. The Balaban J connectivity index is 1.66. The molecule has 3 aromatic rings. The second-order valence-corrected chi connectivity index (χ2v) is 4.83. The molecule has 1 aromatic heterocycles. The highest BCUT2D eigenvalue weighted by Gasteiger charge is 2.03. The molecule has 0 saturated carbocycles. The van der Waals surface area contributed by atoms with Crippen LogP contribution in [0.25, 0.3) is 11.3 Å². The third kappa shape index (κ3) is 3.15. The van der Waals surface area contributed by atoms with E-state index >= 15 is 0 Å². The fraction of sp³-hybridized carbons (Fsp3) is 0.0588. The van der Waals surface area contributed by atoms with Gasteiger partial charge >= 0.3 is 0 Å². The zero-order valence-electron chi connectivity index (χ0n) is 11.8. The summed E-state index contributed by atoms with van der Waals surface area (Å²) in [4.78, 5) is 18.3. The summed E-state index contributed by atoms with van der Waals surface area (Å²) in [5.74, 6) is 0.314. The first-order valence-corrected chi connectivity index (χ1v) is 6.83. The Kier molecular flexibility index (Phi) is 3.87. The number of imidazole rings is 1. The first-order valence-electron chi connectivity index (χ1n) is 6.83. The van der Waals surface area contributed by atoms with E-state index in [4.69, 9.17) is 10.5 Å². The van der Waals surface area contributed by atoms with Gasteiger partial charge in [-0.05, 0) is 42.0 Å². The lowest BCUT2D eigenvalue weighted by Crippen LogP contribution is -2.11. The van der Waals surface area contributed by atoms with Crippen molar-refractivity contribution in [3.8, 4) is 17.0 Å². The van der Waals surface area contributed by atoms with Gasteiger partial charge < -0.3 is 15.5 Å². The van der Waals surface area contributed by atoms with Crippen molar-refractivity contribution in [1.82, 2.24) is 9.97 Å². The Labute approximate surface area is 127 Å². The highest BCUT2D eigenvalue weighted by Crippen LogP contribution is 2.20. The van der Waals surface area contributed by atoms with Gasteiger partial charge in [-0.1, -0.05) is 12.1 Å². The molecule has 5 nitrogen and oxygen atoms in total. The van der Waals surface area contributed by atoms with E-state index in [0.29, 0.717) is 12.2 Å². The molecule has 0 aliphatic carbocycles. The van der Waals surface area contributed by atoms with Crippen molar-refractivity contribution in [2.45, 2.75) is 6.61 Å². The average molecular weight is 293 g/mol. The van der Waals surface area contributed by atoms with Gasteiger partial charge in [-0.2, -0.15) is 0 Å². The Morgan fingerprint density at radius 2 is 2.00 bits per heavy atom. The normalized spacial score (nSPS) is 10.4. The lowest BCUT2D eigenvalue weighted by molar-refractivity contribution is 0.1000. The van der Waals surface area contributed by atoms with E-state index in [-0.39, 0.29) is 0 Å². The van der Waals surface area contributed by atoms with Gasteiger partial charge in [0, 0.05) is 17.3 Å². The molecule has 0 fully saturated rings. The van der Waals surface area contributed by atoms with Crippen LogP contribution >= 0.6 is 0 Å². The standard InChI is InChI=1S/C17H15N3O2/c18-17(21)14-3-1-2-12(8-14)10-22-15-6-4-13(5-7-15)16-9-19-11-20-16/h1-9,11H,10H2,(H2,18,21)(H,19,20). The molecule has 0 radical (unpaired) electrons. The molecule has 3 N–H and O–H groups in total. The van der Waals surface area contributed by atoms with Gasteiger partial charge in [-0.3, -0.25) is 4.79 Å². The van der Waals surface area contributed by atoms with Crippen molar-refractivity contribution in [2.24, 2.45) is 5.73 Å². The molecule has 22 heavy (non-hydrogen) atoms. The summed E-state index contributed by atoms with van der Waals surface area (Å²) in [6.45, 7) is 0.378. The second-order valence-electron chi connectivity index (χ2n) is 4.83. The minimum absolute atomic E-state index is 0.378. The molecule has 1 heterocycles. The number of primary amides is 1. The van der Waals surface area contributed by atoms with Crippen molar-refractivity contribution < 1.29 is 9.53 Å². The van der Waals surface area contributed by atoms with Crippen molar-refractivity contribution in [3.05, 3.63) is 72.2 Å². The van der Waals surface area contributed by atoms with Crippen LogP contribution in [0, 0.1) is 0 Å². The Morgan fingerprint density at radius 1 is 1.18 bits per heavy atom. The Hall–Kier alpha value is -3.08. The Morgan fingerprint density at radius 3 is 2.68 bits per heavy atom. The maximum Gasteiger partial charge on any atom is 0.248 e. The summed E-state index contributed by atoms with van der Waals surface area (Å²) in [6.07, 6.45) is 3.48. The van der Waals surface area contributed by atoms with Gasteiger partial charge in [-0.25, -0.2) is 4.98 Å². The van der Waals surface area contributed by atoms with Gasteiger partial charge in [0.05, 0.1) is 12.0 Å². The van der Waals surface area contributed by atoms with E-state index in [0.717, 1.165) is 22.6 Å². The molecule has 1 amide bonds. The smallest absolute Gasteiger partial charge is 0.248 e. The van der Waals surface area contributed by atoms with Crippen molar-refractivity contribution in [1.29, 1.82) is 0 Å². The number of aromatic nitrogens is 2. The predicted molar refractivity (Wildman–Crippen MR) is 83.3 cm³/mol. The van der Waals surface area contributed by atoms with Crippen LogP contribution in [0.2, 0.25) is 0 Å². The minimum atomic E-state index is -0.440. The number of H-pyrrole nitrogens is 1. The number of nitrogens with zero attached hydrogens (tertiary/aromatic N) is 1. The van der Waals surface area contributed by atoms with Crippen LogP contribution in [0.15, 0.2) is 61.1 Å². The van der Waals surface area contributed by atoms with Crippen LogP contribution in [0.5, 0.6) is 5.75 Å². The summed E-state index contributed by atoms with van der Waals surface area (Å²) < 4.78 is 5.72. The quantitative estimate of drug-likeness (QED) is 0.759. The highest BCUT2D eigenvalue weighted by molar-refractivity contribution is 5.92. The van der Waals surface area contributed by atoms with Crippen LogP contribution in [0.1, 0.15) is 15.9 Å². The van der Waals surface area contributed by atoms with E-state index in [1.54, 1.807) is 24.5 Å². The summed E-state index contributed by atoms with van der Waals surface area (Å²) in [5, 5.41) is 0. The zero-order chi connectivity index (χ0) is 15.4. The van der Waals surface area contributed by atoms with Crippen molar-refractivity contribution in [3.63, 3.8) is 0 Å². The number of hydrogen-bond acceptors (Lipinski definition) is 3. The zero-order valence-corrected chi connectivity index (χ0v) is 11.8. The van der Waals surface area contributed by atoms with E-state index in [2.05, 4.69) is 9.97 Å². The van der Waals surface area contributed by atoms with Crippen LogP contribution in [0.3, 0.4) is 0 Å². The van der Waals surface area contributed by atoms with Crippen molar-refractivity contribution in [2.75, 3.05) is 0 Å². The lowest BCUT2D eigenvalue weighted by atomic mass is 10.1. The fourth-order valence-corrected chi connectivity index (χ4v) is 2.12. The molecular formula is C17H15N3O2. The van der Waals surface area contributed by atoms with Crippen LogP contribution < -0.4 is 10.5 Å². The first-order chi connectivity index (χ1) is 10.7. The van der Waals surface area contributed by atoms with Gasteiger partial charge in [0.15, 0.2) is 0 Å². The summed E-state index contributed by atoms with van der Waals surface area (Å²) in [5.41, 5.74) is 8.55. The van der Waals surface area contributed by atoms with Gasteiger partial charge in [-0.15, -0.1) is 0 Å². The van der Waals surface area contributed by atoms with Crippen molar-refractivity contribution >= 4 is 5.91 Å².